The van der Waals surface area contributed by atoms with Crippen molar-refractivity contribution in [1.82, 2.24) is 20.0 Å². The first kappa shape index (κ1) is 18.6. The van der Waals surface area contributed by atoms with Gasteiger partial charge in [0.05, 0.1) is 0 Å². The van der Waals surface area contributed by atoms with E-state index < -0.39 is 0 Å². The van der Waals surface area contributed by atoms with Crippen molar-refractivity contribution in [3.63, 3.8) is 0 Å². The van der Waals surface area contributed by atoms with E-state index in [0.717, 1.165) is 64.4 Å². The van der Waals surface area contributed by atoms with Crippen molar-refractivity contribution in [2.24, 2.45) is 11.8 Å². The van der Waals surface area contributed by atoms with Crippen LogP contribution in [-0.4, -0.2) is 85.9 Å². The van der Waals surface area contributed by atoms with Gasteiger partial charge < -0.3 is 20.0 Å². The quantitative estimate of drug-likeness (QED) is 0.814. The summed E-state index contributed by atoms with van der Waals surface area (Å²) < 4.78 is 0. The van der Waals surface area contributed by atoms with Crippen LogP contribution in [0.25, 0.3) is 0 Å². The Morgan fingerprint density at radius 1 is 1.08 bits per heavy atom. The van der Waals surface area contributed by atoms with Gasteiger partial charge in [-0.3, -0.25) is 9.59 Å². The molecule has 2 amide bonds. The SMILES string of the molecule is CN1CCN(C(=O)C2CCCC(NCC3CC3)CN(C)C(=O)C2)CC1. The van der Waals surface area contributed by atoms with Crippen molar-refractivity contribution in [1.29, 1.82) is 0 Å². The third-order valence-corrected chi connectivity index (χ3v) is 6.00. The van der Waals surface area contributed by atoms with Crippen LogP contribution in [0.2, 0.25) is 0 Å². The van der Waals surface area contributed by atoms with Crippen LogP contribution < -0.4 is 5.32 Å². The molecule has 0 aromatic rings. The molecule has 142 valence electrons. The number of rotatable bonds is 4. The zero-order valence-electron chi connectivity index (χ0n) is 15.9. The molecular weight excluding hydrogens is 316 g/mol. The number of hydrogen-bond acceptors (Lipinski definition) is 4. The minimum Gasteiger partial charge on any atom is -0.344 e. The second-order valence-electron chi connectivity index (χ2n) is 8.28. The highest BCUT2D eigenvalue weighted by Crippen LogP contribution is 2.28. The molecule has 2 heterocycles. The number of nitrogens with one attached hydrogen (secondary N) is 1. The third-order valence-electron chi connectivity index (χ3n) is 6.00. The van der Waals surface area contributed by atoms with E-state index in [9.17, 15) is 9.59 Å². The van der Waals surface area contributed by atoms with Gasteiger partial charge in [-0.05, 0) is 45.2 Å². The van der Waals surface area contributed by atoms with Gasteiger partial charge in [0, 0.05) is 58.2 Å². The molecule has 0 aromatic carbocycles. The van der Waals surface area contributed by atoms with E-state index in [0.29, 0.717) is 12.5 Å². The molecule has 25 heavy (non-hydrogen) atoms. The highest BCUT2D eigenvalue weighted by molar-refractivity contribution is 5.86. The Labute approximate surface area is 151 Å². The largest absolute Gasteiger partial charge is 0.344 e. The van der Waals surface area contributed by atoms with E-state index in [1.165, 1.54) is 12.8 Å². The van der Waals surface area contributed by atoms with E-state index in [2.05, 4.69) is 17.3 Å². The lowest BCUT2D eigenvalue weighted by Crippen LogP contribution is -2.49. The monoisotopic (exact) mass is 350 g/mol. The molecule has 6 heteroatoms. The normalized spacial score (nSPS) is 29.9. The Bertz CT molecular complexity index is 472. The van der Waals surface area contributed by atoms with Crippen LogP contribution in [0.3, 0.4) is 0 Å². The van der Waals surface area contributed by atoms with E-state index in [4.69, 9.17) is 0 Å². The Kier molecular flexibility index (Phi) is 6.34. The minimum atomic E-state index is -0.138. The van der Waals surface area contributed by atoms with Crippen LogP contribution in [0.5, 0.6) is 0 Å². The fraction of sp³-hybridized carbons (Fsp3) is 0.895. The van der Waals surface area contributed by atoms with Gasteiger partial charge in [0.2, 0.25) is 11.8 Å². The van der Waals surface area contributed by atoms with E-state index in [1.54, 1.807) is 0 Å². The number of nitrogens with zero attached hydrogens (tertiary/aromatic N) is 3. The number of likely N-dealkylation sites (N-methyl/N-ethyl adjacent to an activating group) is 2. The maximum Gasteiger partial charge on any atom is 0.226 e. The fourth-order valence-electron chi connectivity index (χ4n) is 3.92. The van der Waals surface area contributed by atoms with Crippen molar-refractivity contribution >= 4 is 11.8 Å². The molecule has 0 radical (unpaired) electrons. The molecule has 0 bridgehead atoms. The standard InChI is InChI=1S/C19H34N4O2/c1-21-8-10-23(11-9-21)19(25)16-4-3-5-17(20-13-15-6-7-15)14-22(2)18(24)12-16/h15-17,20H,3-14H2,1-2H3. The number of carbonyl (C=O) groups is 2. The van der Waals surface area contributed by atoms with E-state index in [-0.39, 0.29) is 17.7 Å². The lowest BCUT2D eigenvalue weighted by Gasteiger charge is -2.34. The Morgan fingerprint density at radius 3 is 2.48 bits per heavy atom. The molecule has 0 spiro atoms. The average molecular weight is 351 g/mol. The highest BCUT2D eigenvalue weighted by atomic mass is 16.2. The molecule has 1 N–H and O–H groups in total. The van der Waals surface area contributed by atoms with Gasteiger partial charge in [-0.15, -0.1) is 0 Å². The van der Waals surface area contributed by atoms with Crippen molar-refractivity contribution in [3.8, 4) is 0 Å². The summed E-state index contributed by atoms with van der Waals surface area (Å²) in [6, 6.07) is 0.368. The maximum absolute atomic E-state index is 12.9. The molecule has 2 unspecified atom stereocenters. The molecule has 1 aliphatic carbocycles. The summed E-state index contributed by atoms with van der Waals surface area (Å²) in [4.78, 5) is 31.6. The zero-order valence-corrected chi connectivity index (χ0v) is 15.9. The first-order valence-electron chi connectivity index (χ1n) is 9.97. The molecular formula is C19H34N4O2. The van der Waals surface area contributed by atoms with Gasteiger partial charge >= 0.3 is 0 Å². The van der Waals surface area contributed by atoms with Gasteiger partial charge in [0.25, 0.3) is 0 Å². The summed E-state index contributed by atoms with van der Waals surface area (Å²) in [5, 5.41) is 3.65. The molecule has 2 aliphatic heterocycles. The minimum absolute atomic E-state index is 0.118. The fourth-order valence-corrected chi connectivity index (χ4v) is 3.92. The van der Waals surface area contributed by atoms with Gasteiger partial charge in [0.1, 0.15) is 0 Å². The van der Waals surface area contributed by atoms with E-state index in [1.807, 2.05) is 16.8 Å². The van der Waals surface area contributed by atoms with Gasteiger partial charge in [-0.2, -0.15) is 0 Å². The molecule has 2 atom stereocenters. The van der Waals surface area contributed by atoms with Crippen molar-refractivity contribution in [2.75, 3.05) is 53.4 Å². The van der Waals surface area contributed by atoms with Crippen LogP contribution in [0.4, 0.5) is 0 Å². The van der Waals surface area contributed by atoms with Crippen LogP contribution in [-0.2, 0) is 9.59 Å². The highest BCUT2D eigenvalue weighted by Gasteiger charge is 2.31. The summed E-state index contributed by atoms with van der Waals surface area (Å²) >= 11 is 0. The van der Waals surface area contributed by atoms with Gasteiger partial charge in [-0.25, -0.2) is 0 Å². The second kappa shape index (κ2) is 8.49. The average Bonchev–Trinajstić information content (AvgIpc) is 3.41. The molecule has 3 aliphatic rings. The number of hydrogen-bond donors (Lipinski definition) is 1. The van der Waals surface area contributed by atoms with Gasteiger partial charge in [-0.1, -0.05) is 6.42 Å². The van der Waals surface area contributed by atoms with Crippen molar-refractivity contribution in [2.45, 2.75) is 44.6 Å². The topological polar surface area (TPSA) is 55.9 Å². The molecule has 1 saturated carbocycles. The van der Waals surface area contributed by atoms with Crippen LogP contribution in [0, 0.1) is 11.8 Å². The number of piperazine rings is 1. The van der Waals surface area contributed by atoms with Crippen molar-refractivity contribution in [3.05, 3.63) is 0 Å². The van der Waals surface area contributed by atoms with Crippen LogP contribution in [0.1, 0.15) is 38.5 Å². The molecule has 6 nitrogen and oxygen atoms in total. The predicted molar refractivity (Wildman–Crippen MR) is 98.2 cm³/mol. The number of amides is 2. The lowest BCUT2D eigenvalue weighted by atomic mass is 9.95. The summed E-state index contributed by atoms with van der Waals surface area (Å²) in [5.74, 6) is 1.02. The number of carbonyl (C=O) groups excluding carboxylic acids is 2. The molecule has 0 aromatic heterocycles. The molecule has 2 saturated heterocycles. The first-order chi connectivity index (χ1) is 12.0. The Hall–Kier alpha value is -1.14. The zero-order chi connectivity index (χ0) is 17.8. The molecule has 3 fully saturated rings. The van der Waals surface area contributed by atoms with Crippen LogP contribution >= 0.6 is 0 Å². The Balaban J connectivity index is 1.56. The van der Waals surface area contributed by atoms with Gasteiger partial charge in [0.15, 0.2) is 0 Å². The summed E-state index contributed by atoms with van der Waals surface area (Å²) in [5.41, 5.74) is 0. The predicted octanol–water partition coefficient (Wildman–Crippen LogP) is 0.777. The van der Waals surface area contributed by atoms with Crippen molar-refractivity contribution < 1.29 is 9.59 Å². The Morgan fingerprint density at radius 2 is 1.80 bits per heavy atom. The smallest absolute Gasteiger partial charge is 0.226 e. The van der Waals surface area contributed by atoms with E-state index >= 15 is 0 Å². The maximum atomic E-state index is 12.9. The summed E-state index contributed by atoms with van der Waals surface area (Å²) in [7, 11) is 3.98. The second-order valence-corrected chi connectivity index (χ2v) is 8.28. The lowest BCUT2D eigenvalue weighted by molar-refractivity contribution is -0.142. The third kappa shape index (κ3) is 5.42. The summed E-state index contributed by atoms with van der Waals surface area (Å²) in [6.45, 7) is 5.29. The first-order valence-corrected chi connectivity index (χ1v) is 9.97. The van der Waals surface area contributed by atoms with Crippen LogP contribution in [0.15, 0.2) is 0 Å². The molecule has 3 rings (SSSR count). The summed E-state index contributed by atoms with van der Waals surface area (Å²) in [6.07, 6.45) is 5.97.